The van der Waals surface area contributed by atoms with Crippen LogP contribution >= 0.6 is 11.8 Å². The molecule has 4 N–H and O–H groups in total. The molecule has 1 atom stereocenters. The number of aliphatic hydroxyl groups is 1. The molecule has 0 saturated carbocycles. The molecular weight excluding hydrogens is 212 g/mol. The van der Waals surface area contributed by atoms with Crippen LogP contribution in [0.25, 0.3) is 0 Å². The van der Waals surface area contributed by atoms with Crippen LogP contribution in [0.15, 0.2) is 11.5 Å². The van der Waals surface area contributed by atoms with E-state index in [0.717, 1.165) is 30.2 Å². The molecule has 1 heterocycles. The number of aromatic nitrogens is 3. The second-order valence-electron chi connectivity index (χ2n) is 3.80. The van der Waals surface area contributed by atoms with Crippen LogP contribution in [0, 0.1) is 0 Å². The van der Waals surface area contributed by atoms with E-state index in [1.54, 1.807) is 18.7 Å². The van der Waals surface area contributed by atoms with Crippen LogP contribution in [0.2, 0.25) is 0 Å². The average molecular weight is 230 g/mol. The molecule has 0 fully saturated rings. The van der Waals surface area contributed by atoms with Crippen LogP contribution in [-0.2, 0) is 0 Å². The highest BCUT2D eigenvalue weighted by molar-refractivity contribution is 7.99. The molecule has 6 heteroatoms. The Hall–Kier alpha value is -0.590. The molecule has 0 aliphatic rings. The Bertz CT molecular complexity index is 263. The Balaban J connectivity index is 2.03. The number of unbranched alkanes of at least 4 members (excludes halogenated alkanes) is 1. The molecule has 15 heavy (non-hydrogen) atoms. The fourth-order valence-electron chi connectivity index (χ4n) is 1.14. The summed E-state index contributed by atoms with van der Waals surface area (Å²) in [6, 6.07) is 0. The lowest BCUT2D eigenvalue weighted by atomic mass is 10.00. The molecule has 5 nitrogen and oxygen atoms in total. The SMILES string of the molecule is CC(O)(CN)CCCCSc1ncn[nH]1. The maximum Gasteiger partial charge on any atom is 0.183 e. The van der Waals surface area contributed by atoms with E-state index in [1.165, 1.54) is 6.33 Å². The van der Waals surface area contributed by atoms with Gasteiger partial charge in [-0.15, -0.1) is 0 Å². The third kappa shape index (κ3) is 5.15. The summed E-state index contributed by atoms with van der Waals surface area (Å²) in [7, 11) is 0. The van der Waals surface area contributed by atoms with E-state index in [2.05, 4.69) is 15.2 Å². The van der Waals surface area contributed by atoms with Crippen molar-refractivity contribution in [3.05, 3.63) is 6.33 Å². The van der Waals surface area contributed by atoms with Crippen molar-refractivity contribution in [3.8, 4) is 0 Å². The lowest BCUT2D eigenvalue weighted by Gasteiger charge is -2.20. The highest BCUT2D eigenvalue weighted by atomic mass is 32.2. The number of hydrogen-bond donors (Lipinski definition) is 3. The molecule has 0 aromatic carbocycles. The topological polar surface area (TPSA) is 87.8 Å². The number of nitrogens with two attached hydrogens (primary N) is 1. The quantitative estimate of drug-likeness (QED) is 0.476. The van der Waals surface area contributed by atoms with E-state index in [0.29, 0.717) is 6.54 Å². The first-order valence-corrected chi connectivity index (χ1v) is 6.03. The largest absolute Gasteiger partial charge is 0.389 e. The van der Waals surface area contributed by atoms with E-state index < -0.39 is 5.60 Å². The van der Waals surface area contributed by atoms with E-state index in [9.17, 15) is 5.11 Å². The van der Waals surface area contributed by atoms with Gasteiger partial charge in [-0.2, -0.15) is 5.10 Å². The van der Waals surface area contributed by atoms with Crippen LogP contribution in [0.1, 0.15) is 26.2 Å². The van der Waals surface area contributed by atoms with Gasteiger partial charge in [-0.05, 0) is 26.2 Å². The van der Waals surface area contributed by atoms with Crippen LogP contribution in [0.3, 0.4) is 0 Å². The highest BCUT2D eigenvalue weighted by Gasteiger charge is 2.16. The Morgan fingerprint density at radius 1 is 1.60 bits per heavy atom. The Labute approximate surface area is 93.9 Å². The van der Waals surface area contributed by atoms with Crippen LogP contribution in [0.4, 0.5) is 0 Å². The van der Waals surface area contributed by atoms with E-state index in [-0.39, 0.29) is 0 Å². The fraction of sp³-hybridized carbons (Fsp3) is 0.778. The van der Waals surface area contributed by atoms with Crippen molar-refractivity contribution in [1.82, 2.24) is 15.2 Å². The summed E-state index contributed by atoms with van der Waals surface area (Å²) in [4.78, 5) is 4.01. The summed E-state index contributed by atoms with van der Waals surface area (Å²) in [5.41, 5.74) is 4.71. The zero-order valence-electron chi connectivity index (χ0n) is 8.94. The maximum absolute atomic E-state index is 9.65. The smallest absolute Gasteiger partial charge is 0.183 e. The van der Waals surface area contributed by atoms with Crippen molar-refractivity contribution < 1.29 is 5.11 Å². The molecular formula is C9H18N4OS. The lowest BCUT2D eigenvalue weighted by molar-refractivity contribution is 0.0577. The van der Waals surface area contributed by atoms with Crippen molar-refractivity contribution in [2.24, 2.45) is 5.73 Å². The standard InChI is InChI=1S/C9H18N4OS/c1-9(14,6-10)4-2-3-5-15-8-11-7-12-13-8/h7,14H,2-6,10H2,1H3,(H,11,12,13). The first kappa shape index (κ1) is 12.5. The molecule has 0 bridgehead atoms. The van der Waals surface area contributed by atoms with Gasteiger partial charge in [-0.1, -0.05) is 11.8 Å². The zero-order chi connectivity index (χ0) is 11.1. The van der Waals surface area contributed by atoms with Gasteiger partial charge in [-0.25, -0.2) is 4.98 Å². The van der Waals surface area contributed by atoms with Gasteiger partial charge in [0.25, 0.3) is 0 Å². The van der Waals surface area contributed by atoms with E-state index in [1.807, 2.05) is 0 Å². The minimum atomic E-state index is -0.711. The molecule has 1 aromatic heterocycles. The molecule has 86 valence electrons. The molecule has 0 radical (unpaired) electrons. The zero-order valence-corrected chi connectivity index (χ0v) is 9.76. The summed E-state index contributed by atoms with van der Waals surface area (Å²) in [5, 5.41) is 17.0. The first-order chi connectivity index (χ1) is 7.14. The van der Waals surface area contributed by atoms with Crippen molar-refractivity contribution in [2.75, 3.05) is 12.3 Å². The van der Waals surface area contributed by atoms with Crippen molar-refractivity contribution in [1.29, 1.82) is 0 Å². The normalized spacial score (nSPS) is 15.1. The molecule has 1 aromatic rings. The summed E-state index contributed by atoms with van der Waals surface area (Å²) in [5.74, 6) is 0.982. The summed E-state index contributed by atoms with van der Waals surface area (Å²) >= 11 is 1.64. The second-order valence-corrected chi connectivity index (χ2v) is 4.88. The monoisotopic (exact) mass is 230 g/mol. The van der Waals surface area contributed by atoms with Crippen molar-refractivity contribution in [2.45, 2.75) is 36.9 Å². The Kier molecular flexibility index (Phi) is 5.07. The molecule has 0 aliphatic carbocycles. The highest BCUT2D eigenvalue weighted by Crippen LogP contribution is 2.16. The van der Waals surface area contributed by atoms with Gasteiger partial charge in [0.2, 0.25) is 0 Å². The minimum absolute atomic E-state index is 0.322. The molecule has 0 amide bonds. The predicted molar refractivity (Wildman–Crippen MR) is 60.6 cm³/mol. The van der Waals surface area contributed by atoms with Gasteiger partial charge in [0, 0.05) is 12.3 Å². The molecule has 1 unspecified atom stereocenters. The summed E-state index contributed by atoms with van der Waals surface area (Å²) in [6.07, 6.45) is 4.27. The van der Waals surface area contributed by atoms with Gasteiger partial charge in [0.15, 0.2) is 5.16 Å². The van der Waals surface area contributed by atoms with Crippen LogP contribution in [-0.4, -0.2) is 38.2 Å². The molecule has 0 saturated heterocycles. The van der Waals surface area contributed by atoms with Gasteiger partial charge in [0.05, 0.1) is 5.60 Å². The van der Waals surface area contributed by atoms with Crippen LogP contribution in [0.5, 0.6) is 0 Å². The number of H-pyrrole nitrogens is 1. The Morgan fingerprint density at radius 3 is 3.00 bits per heavy atom. The summed E-state index contributed by atoms with van der Waals surface area (Å²) in [6.45, 7) is 2.10. The van der Waals surface area contributed by atoms with Gasteiger partial charge in [0.1, 0.15) is 6.33 Å². The van der Waals surface area contributed by atoms with Gasteiger partial charge >= 0.3 is 0 Å². The summed E-state index contributed by atoms with van der Waals surface area (Å²) < 4.78 is 0. The van der Waals surface area contributed by atoms with Crippen molar-refractivity contribution in [3.63, 3.8) is 0 Å². The number of aromatic amines is 1. The first-order valence-electron chi connectivity index (χ1n) is 5.05. The predicted octanol–water partition coefficient (Wildman–Crippen LogP) is 0.777. The Morgan fingerprint density at radius 2 is 2.40 bits per heavy atom. The van der Waals surface area contributed by atoms with Crippen molar-refractivity contribution >= 4 is 11.8 Å². The lowest BCUT2D eigenvalue weighted by Crippen LogP contribution is -2.33. The van der Waals surface area contributed by atoms with Crippen LogP contribution < -0.4 is 5.73 Å². The molecule has 0 spiro atoms. The van der Waals surface area contributed by atoms with E-state index in [4.69, 9.17) is 5.73 Å². The average Bonchev–Trinajstić information content (AvgIpc) is 2.70. The molecule has 0 aliphatic heterocycles. The fourth-order valence-corrected chi connectivity index (χ4v) is 1.92. The second kappa shape index (κ2) is 6.09. The minimum Gasteiger partial charge on any atom is -0.389 e. The third-order valence-electron chi connectivity index (χ3n) is 2.18. The van der Waals surface area contributed by atoms with E-state index >= 15 is 0 Å². The maximum atomic E-state index is 9.65. The number of nitrogens with one attached hydrogen (secondary N) is 1. The number of nitrogens with zero attached hydrogens (tertiary/aromatic N) is 2. The number of rotatable bonds is 7. The third-order valence-corrected chi connectivity index (χ3v) is 3.14. The van der Waals surface area contributed by atoms with Gasteiger partial charge < -0.3 is 10.8 Å². The number of hydrogen-bond acceptors (Lipinski definition) is 5. The number of thioether (sulfide) groups is 1. The molecule has 1 rings (SSSR count). The van der Waals surface area contributed by atoms with Gasteiger partial charge in [-0.3, -0.25) is 5.10 Å².